The summed E-state index contributed by atoms with van der Waals surface area (Å²) in [6.45, 7) is 14.6. The van der Waals surface area contributed by atoms with Gasteiger partial charge in [0.05, 0.1) is 0 Å². The Bertz CT molecular complexity index is 1320. The Morgan fingerprint density at radius 2 is 1.12 bits per heavy atom. The molecule has 0 aromatic heterocycles. The molecule has 3 rings (SSSR count). The van der Waals surface area contributed by atoms with Crippen LogP contribution >= 0.6 is 0 Å². The molecule has 0 saturated carbocycles. The van der Waals surface area contributed by atoms with Gasteiger partial charge in [-0.05, 0) is 67.1 Å². The van der Waals surface area contributed by atoms with E-state index in [0.717, 1.165) is 29.5 Å². The Hall–Kier alpha value is -2.89. The first-order valence-corrected chi connectivity index (χ1v) is 22.1. The molecule has 270 valence electrons. The van der Waals surface area contributed by atoms with Gasteiger partial charge in [0.15, 0.2) is 8.32 Å². The number of carbonyl (C=O) groups excluding carboxylic acids is 1. The topological polar surface area (TPSA) is 44.8 Å². The summed E-state index contributed by atoms with van der Waals surface area (Å²) < 4.78 is 18.5. The van der Waals surface area contributed by atoms with Gasteiger partial charge in [-0.15, -0.1) is 0 Å². The molecule has 0 radical (unpaired) electrons. The van der Waals surface area contributed by atoms with E-state index in [0.29, 0.717) is 29.1 Å². The molecule has 3 aromatic rings. The lowest BCUT2D eigenvalue weighted by molar-refractivity contribution is 0.0466. The average molecular weight is 687 g/mol. The summed E-state index contributed by atoms with van der Waals surface area (Å²) in [6, 6.07) is 25.8. The standard InChI is InChI=1S/C44H66O4Si/c1-37(48-49(5,6)44(2,3)4)27-20-16-14-12-10-8-7-9-11-13-15-17-25-32-40-33-26-34-41(46-35-38-28-21-18-22-29-38)42(40)43(45)47-36-39-30-23-19-24-31-39/h18-19,21-24,26,28-31,33-34,37H,7-17,20,25,27,32,35-36H2,1-6H3/t37-/m1/s1. The number of unbranched alkanes of at least 4 members (excludes halogenated alkanes) is 12. The molecule has 0 aliphatic rings. The summed E-state index contributed by atoms with van der Waals surface area (Å²) in [6.07, 6.45) is 19.4. The quantitative estimate of drug-likeness (QED) is 0.0534. The highest BCUT2D eigenvalue weighted by molar-refractivity contribution is 6.74. The van der Waals surface area contributed by atoms with E-state index in [2.05, 4.69) is 46.9 Å². The third-order valence-corrected chi connectivity index (χ3v) is 14.7. The highest BCUT2D eigenvalue weighted by atomic mass is 28.4. The first-order valence-electron chi connectivity index (χ1n) is 19.2. The molecule has 0 amide bonds. The Morgan fingerprint density at radius 1 is 0.633 bits per heavy atom. The minimum atomic E-state index is -1.64. The first kappa shape index (κ1) is 40.5. The van der Waals surface area contributed by atoms with Crippen LogP contribution in [0.4, 0.5) is 0 Å². The van der Waals surface area contributed by atoms with E-state index >= 15 is 0 Å². The molecule has 0 fully saturated rings. The van der Waals surface area contributed by atoms with Gasteiger partial charge in [-0.1, -0.05) is 171 Å². The van der Waals surface area contributed by atoms with Crippen molar-refractivity contribution in [3.05, 3.63) is 101 Å². The molecule has 49 heavy (non-hydrogen) atoms. The third kappa shape index (κ3) is 15.7. The summed E-state index contributed by atoms with van der Waals surface area (Å²) in [5.74, 6) is 0.282. The summed E-state index contributed by atoms with van der Waals surface area (Å²) >= 11 is 0. The normalized spacial score (nSPS) is 12.5. The molecule has 0 unspecified atom stereocenters. The van der Waals surface area contributed by atoms with E-state index in [-0.39, 0.29) is 12.6 Å². The molecular weight excluding hydrogens is 621 g/mol. The molecule has 0 N–H and O–H groups in total. The first-order chi connectivity index (χ1) is 23.6. The van der Waals surface area contributed by atoms with Gasteiger partial charge in [0.25, 0.3) is 0 Å². The number of carbonyl (C=O) groups is 1. The van der Waals surface area contributed by atoms with Gasteiger partial charge in [0.2, 0.25) is 0 Å². The maximum Gasteiger partial charge on any atom is 0.342 e. The minimum Gasteiger partial charge on any atom is -0.488 e. The lowest BCUT2D eigenvalue weighted by atomic mass is 9.99. The fourth-order valence-electron chi connectivity index (χ4n) is 6.10. The second-order valence-electron chi connectivity index (χ2n) is 15.4. The van der Waals surface area contributed by atoms with Gasteiger partial charge < -0.3 is 13.9 Å². The molecule has 0 spiro atoms. The van der Waals surface area contributed by atoms with Crippen molar-refractivity contribution >= 4 is 14.3 Å². The molecule has 0 aliphatic carbocycles. The van der Waals surface area contributed by atoms with Crippen molar-refractivity contribution in [3.8, 4) is 5.75 Å². The molecule has 0 bridgehead atoms. The van der Waals surface area contributed by atoms with Crippen LogP contribution < -0.4 is 4.74 Å². The van der Waals surface area contributed by atoms with E-state index in [1.54, 1.807) is 0 Å². The van der Waals surface area contributed by atoms with Crippen LogP contribution in [0.1, 0.15) is 145 Å². The second kappa shape index (κ2) is 22.0. The highest BCUT2D eigenvalue weighted by Crippen LogP contribution is 2.37. The van der Waals surface area contributed by atoms with Crippen LogP contribution in [0.3, 0.4) is 0 Å². The zero-order valence-electron chi connectivity index (χ0n) is 31.7. The molecular formula is C44H66O4Si. The zero-order chi connectivity index (χ0) is 35.4. The largest absolute Gasteiger partial charge is 0.488 e. The van der Waals surface area contributed by atoms with Gasteiger partial charge in [-0.2, -0.15) is 0 Å². The van der Waals surface area contributed by atoms with E-state index in [4.69, 9.17) is 13.9 Å². The molecule has 1 atom stereocenters. The van der Waals surface area contributed by atoms with E-state index in [1.807, 2.05) is 72.8 Å². The Balaban J connectivity index is 1.29. The van der Waals surface area contributed by atoms with Gasteiger partial charge in [0.1, 0.15) is 24.5 Å². The van der Waals surface area contributed by atoms with Crippen LogP contribution in [0.15, 0.2) is 78.9 Å². The van der Waals surface area contributed by atoms with Gasteiger partial charge in [-0.3, -0.25) is 0 Å². The summed E-state index contributed by atoms with van der Waals surface area (Å²) in [7, 11) is -1.64. The van der Waals surface area contributed by atoms with Gasteiger partial charge >= 0.3 is 5.97 Å². The molecule has 0 saturated heterocycles. The van der Waals surface area contributed by atoms with Crippen molar-refractivity contribution in [2.75, 3.05) is 0 Å². The summed E-state index contributed by atoms with van der Waals surface area (Å²) in [5, 5.41) is 0.292. The van der Waals surface area contributed by atoms with E-state index < -0.39 is 8.32 Å². The van der Waals surface area contributed by atoms with Crippen molar-refractivity contribution in [3.63, 3.8) is 0 Å². The summed E-state index contributed by atoms with van der Waals surface area (Å²) in [5.41, 5.74) is 3.63. The Morgan fingerprint density at radius 3 is 1.65 bits per heavy atom. The molecule has 3 aromatic carbocycles. The number of ether oxygens (including phenoxy) is 2. The fraction of sp³-hybridized carbons (Fsp3) is 0.568. The number of benzene rings is 3. The predicted molar refractivity (Wildman–Crippen MR) is 209 cm³/mol. The molecule has 4 nitrogen and oxygen atoms in total. The zero-order valence-corrected chi connectivity index (χ0v) is 32.7. The van der Waals surface area contributed by atoms with Crippen molar-refractivity contribution < 1.29 is 18.7 Å². The smallest absolute Gasteiger partial charge is 0.342 e. The summed E-state index contributed by atoms with van der Waals surface area (Å²) in [4.78, 5) is 13.4. The Kier molecular flexibility index (Phi) is 18.2. The van der Waals surface area contributed by atoms with Crippen molar-refractivity contribution in [1.29, 1.82) is 0 Å². The molecule has 5 heteroatoms. The van der Waals surface area contributed by atoms with Crippen LogP contribution in [-0.4, -0.2) is 20.4 Å². The Labute approximate surface area is 300 Å². The monoisotopic (exact) mass is 686 g/mol. The number of esters is 1. The minimum absolute atomic E-state index is 0.249. The van der Waals surface area contributed by atoms with Crippen LogP contribution in [0.5, 0.6) is 5.75 Å². The van der Waals surface area contributed by atoms with Crippen molar-refractivity contribution in [2.24, 2.45) is 0 Å². The van der Waals surface area contributed by atoms with Crippen LogP contribution in [0.25, 0.3) is 0 Å². The number of aryl methyl sites for hydroxylation is 1. The number of rotatable bonds is 24. The van der Waals surface area contributed by atoms with Crippen molar-refractivity contribution in [2.45, 2.75) is 161 Å². The predicted octanol–water partition coefficient (Wildman–Crippen LogP) is 13.0. The third-order valence-electron chi connectivity index (χ3n) is 10.1. The number of hydrogen-bond acceptors (Lipinski definition) is 4. The van der Waals surface area contributed by atoms with E-state index in [9.17, 15) is 4.79 Å². The molecule has 0 heterocycles. The van der Waals surface area contributed by atoms with E-state index in [1.165, 1.54) is 83.5 Å². The molecule has 0 aliphatic heterocycles. The lowest BCUT2D eigenvalue weighted by Crippen LogP contribution is -2.43. The van der Waals surface area contributed by atoms with Crippen molar-refractivity contribution in [1.82, 2.24) is 0 Å². The fourth-order valence-corrected chi connectivity index (χ4v) is 7.58. The van der Waals surface area contributed by atoms with Crippen LogP contribution in [-0.2, 0) is 28.8 Å². The average Bonchev–Trinajstić information content (AvgIpc) is 3.08. The van der Waals surface area contributed by atoms with Gasteiger partial charge in [0, 0.05) is 6.10 Å². The maximum atomic E-state index is 13.4. The lowest BCUT2D eigenvalue weighted by Gasteiger charge is -2.38. The van der Waals surface area contributed by atoms with Crippen LogP contribution in [0, 0.1) is 0 Å². The second-order valence-corrected chi connectivity index (χ2v) is 20.2. The maximum absolute atomic E-state index is 13.4. The van der Waals surface area contributed by atoms with Gasteiger partial charge in [-0.25, -0.2) is 4.79 Å². The highest BCUT2D eigenvalue weighted by Gasteiger charge is 2.38. The van der Waals surface area contributed by atoms with Crippen LogP contribution in [0.2, 0.25) is 18.1 Å². The number of hydrogen-bond donors (Lipinski definition) is 0. The SMILES string of the molecule is C[C@H](CCCCCCCCCCCCCCCc1cccc(OCc2ccccc2)c1C(=O)OCc1ccccc1)O[Si](C)(C)C(C)(C)C.